The lowest BCUT2D eigenvalue weighted by Gasteiger charge is -2.11. The zero-order valence-electron chi connectivity index (χ0n) is 6.19. The normalized spacial score (nSPS) is 15.1. The molecular weight excluding hydrogens is 144 g/mol. The van der Waals surface area contributed by atoms with Crippen LogP contribution in [0.5, 0.6) is 0 Å². The third kappa shape index (κ3) is 2.41. The fraction of sp³-hybridized carbons (Fsp3) is 0.429. The first-order valence-corrected chi connectivity index (χ1v) is 3.41. The van der Waals surface area contributed by atoms with E-state index in [0.717, 1.165) is 0 Å². The van der Waals surface area contributed by atoms with E-state index in [2.05, 4.69) is 11.6 Å². The third-order valence-corrected chi connectivity index (χ3v) is 1.19. The van der Waals surface area contributed by atoms with Crippen LogP contribution in [0.25, 0.3) is 0 Å². The highest BCUT2D eigenvalue weighted by Gasteiger charge is 2.09. The summed E-state index contributed by atoms with van der Waals surface area (Å²) >= 11 is 0. The number of hydrogen-bond acceptors (Lipinski definition) is 4. The van der Waals surface area contributed by atoms with Crippen molar-refractivity contribution in [2.24, 2.45) is 4.99 Å². The maximum atomic E-state index is 10.8. The Morgan fingerprint density at radius 2 is 2.73 bits per heavy atom. The van der Waals surface area contributed by atoms with E-state index < -0.39 is 0 Å². The summed E-state index contributed by atoms with van der Waals surface area (Å²) in [6.45, 7) is 4.77. The minimum atomic E-state index is -0.298. The first-order chi connectivity index (χ1) is 5.33. The van der Waals surface area contributed by atoms with Gasteiger partial charge in [0.2, 0.25) is 0 Å². The molecule has 0 aromatic heterocycles. The van der Waals surface area contributed by atoms with Gasteiger partial charge in [0.1, 0.15) is 6.34 Å². The Bertz CT molecular complexity index is 189. The maximum Gasteiger partial charge on any atom is 0.336 e. The molecule has 0 fully saturated rings. The van der Waals surface area contributed by atoms with Crippen LogP contribution < -0.4 is 0 Å². The van der Waals surface area contributed by atoms with Crippen LogP contribution in [0.1, 0.15) is 6.42 Å². The van der Waals surface area contributed by atoms with Crippen LogP contribution in [0.4, 0.5) is 0 Å². The molecule has 60 valence electrons. The van der Waals surface area contributed by atoms with Crippen LogP contribution in [-0.2, 0) is 9.63 Å². The average molecular weight is 154 g/mol. The Labute approximate surface area is 65.1 Å². The van der Waals surface area contributed by atoms with E-state index in [1.165, 1.54) is 17.5 Å². The van der Waals surface area contributed by atoms with E-state index in [1.54, 1.807) is 0 Å². The molecule has 0 bridgehead atoms. The highest BCUT2D eigenvalue weighted by Crippen LogP contribution is 1.96. The Kier molecular flexibility index (Phi) is 2.66. The quantitative estimate of drug-likeness (QED) is 0.551. The van der Waals surface area contributed by atoms with Crippen LogP contribution in [0, 0.1) is 0 Å². The Balaban J connectivity index is 2.24. The minimum absolute atomic E-state index is 0.240. The monoisotopic (exact) mass is 154 g/mol. The summed E-state index contributed by atoms with van der Waals surface area (Å²) in [4.78, 5) is 19.5. The zero-order chi connectivity index (χ0) is 8.10. The van der Waals surface area contributed by atoms with Gasteiger partial charge in [-0.05, 0) is 0 Å². The molecule has 1 rings (SSSR count). The van der Waals surface area contributed by atoms with Crippen molar-refractivity contribution in [2.75, 3.05) is 13.1 Å². The van der Waals surface area contributed by atoms with Gasteiger partial charge >= 0.3 is 5.97 Å². The van der Waals surface area contributed by atoms with E-state index in [0.29, 0.717) is 13.1 Å². The molecule has 0 unspecified atom stereocenters. The van der Waals surface area contributed by atoms with Crippen molar-refractivity contribution in [2.45, 2.75) is 6.42 Å². The van der Waals surface area contributed by atoms with E-state index in [1.807, 2.05) is 0 Å². The van der Waals surface area contributed by atoms with Crippen molar-refractivity contribution in [3.63, 3.8) is 0 Å². The summed E-state index contributed by atoms with van der Waals surface area (Å²) in [6, 6.07) is 0. The fourth-order valence-corrected chi connectivity index (χ4v) is 0.718. The van der Waals surface area contributed by atoms with Crippen molar-refractivity contribution in [3.8, 4) is 0 Å². The van der Waals surface area contributed by atoms with Crippen LogP contribution in [-0.4, -0.2) is 30.5 Å². The second kappa shape index (κ2) is 3.75. The highest BCUT2D eigenvalue weighted by molar-refractivity contribution is 5.72. The van der Waals surface area contributed by atoms with Crippen molar-refractivity contribution < 1.29 is 9.63 Å². The van der Waals surface area contributed by atoms with Gasteiger partial charge in [-0.1, -0.05) is 6.08 Å². The van der Waals surface area contributed by atoms with E-state index in [4.69, 9.17) is 4.84 Å². The SMILES string of the molecule is C=CCC(=O)ON1C=NCC1. The molecule has 4 nitrogen and oxygen atoms in total. The number of hydrogen-bond donors (Lipinski definition) is 0. The van der Waals surface area contributed by atoms with Crippen LogP contribution in [0.3, 0.4) is 0 Å². The lowest BCUT2D eigenvalue weighted by Crippen LogP contribution is -2.23. The van der Waals surface area contributed by atoms with Gasteiger partial charge in [-0.3, -0.25) is 4.99 Å². The molecule has 11 heavy (non-hydrogen) atoms. The van der Waals surface area contributed by atoms with Crippen molar-refractivity contribution >= 4 is 12.3 Å². The van der Waals surface area contributed by atoms with Gasteiger partial charge in [0.05, 0.1) is 19.5 Å². The summed E-state index contributed by atoms with van der Waals surface area (Å²) in [5.74, 6) is -0.298. The smallest absolute Gasteiger partial charge is 0.336 e. The molecule has 0 amide bonds. The van der Waals surface area contributed by atoms with Crippen LogP contribution in [0.15, 0.2) is 17.6 Å². The Morgan fingerprint density at radius 3 is 3.27 bits per heavy atom. The molecule has 0 aromatic rings. The Morgan fingerprint density at radius 1 is 1.91 bits per heavy atom. The summed E-state index contributed by atoms with van der Waals surface area (Å²) < 4.78 is 0. The molecular formula is C7H10N2O2. The standard InChI is InChI=1S/C7H10N2O2/c1-2-3-7(10)11-9-5-4-8-6-9/h2,6H,1,3-5H2. The minimum Gasteiger partial charge on any atom is -0.340 e. The second-order valence-corrected chi connectivity index (χ2v) is 2.12. The number of nitrogens with zero attached hydrogens (tertiary/aromatic N) is 2. The average Bonchev–Trinajstić information content (AvgIpc) is 2.40. The third-order valence-electron chi connectivity index (χ3n) is 1.19. The van der Waals surface area contributed by atoms with E-state index >= 15 is 0 Å². The summed E-state index contributed by atoms with van der Waals surface area (Å²) in [5.41, 5.74) is 0. The maximum absolute atomic E-state index is 10.8. The first-order valence-electron chi connectivity index (χ1n) is 3.41. The largest absolute Gasteiger partial charge is 0.340 e. The van der Waals surface area contributed by atoms with Gasteiger partial charge in [-0.2, -0.15) is 5.06 Å². The molecule has 0 saturated carbocycles. The summed E-state index contributed by atoms with van der Waals surface area (Å²) in [5, 5.41) is 1.42. The van der Waals surface area contributed by atoms with Gasteiger partial charge in [0, 0.05) is 0 Å². The molecule has 1 aliphatic heterocycles. The number of carbonyl (C=O) groups excluding carboxylic acids is 1. The molecule has 0 atom stereocenters. The molecule has 0 N–H and O–H groups in total. The predicted octanol–water partition coefficient (Wildman–Crippen LogP) is 0.365. The molecule has 0 radical (unpaired) electrons. The van der Waals surface area contributed by atoms with Gasteiger partial charge in [0.15, 0.2) is 0 Å². The van der Waals surface area contributed by atoms with Crippen LogP contribution >= 0.6 is 0 Å². The van der Waals surface area contributed by atoms with Crippen molar-refractivity contribution in [1.29, 1.82) is 0 Å². The lowest BCUT2D eigenvalue weighted by atomic mass is 10.4. The topological polar surface area (TPSA) is 41.9 Å². The van der Waals surface area contributed by atoms with Gasteiger partial charge in [-0.25, -0.2) is 4.79 Å². The highest BCUT2D eigenvalue weighted by atomic mass is 16.7. The number of carbonyl (C=O) groups is 1. The number of hydroxylamine groups is 2. The summed E-state index contributed by atoms with van der Waals surface area (Å²) in [7, 11) is 0. The van der Waals surface area contributed by atoms with E-state index in [-0.39, 0.29) is 12.4 Å². The van der Waals surface area contributed by atoms with Crippen LogP contribution in [0.2, 0.25) is 0 Å². The number of aliphatic imine (C=N–C) groups is 1. The van der Waals surface area contributed by atoms with Gasteiger partial charge in [-0.15, -0.1) is 6.58 Å². The molecule has 1 aliphatic rings. The zero-order valence-corrected chi connectivity index (χ0v) is 6.19. The summed E-state index contributed by atoms with van der Waals surface area (Å²) in [6.07, 6.45) is 3.26. The molecule has 0 saturated heterocycles. The molecule has 1 heterocycles. The van der Waals surface area contributed by atoms with Crippen molar-refractivity contribution in [3.05, 3.63) is 12.7 Å². The molecule has 0 aromatic carbocycles. The molecule has 0 spiro atoms. The van der Waals surface area contributed by atoms with E-state index in [9.17, 15) is 4.79 Å². The molecule has 0 aliphatic carbocycles. The van der Waals surface area contributed by atoms with Crippen molar-refractivity contribution in [1.82, 2.24) is 5.06 Å². The Hall–Kier alpha value is -1.32. The molecule has 4 heteroatoms. The number of rotatable bonds is 3. The van der Waals surface area contributed by atoms with Gasteiger partial charge < -0.3 is 4.84 Å². The lowest BCUT2D eigenvalue weighted by molar-refractivity contribution is -0.169. The predicted molar refractivity (Wildman–Crippen MR) is 41.0 cm³/mol. The fourth-order valence-electron chi connectivity index (χ4n) is 0.718. The second-order valence-electron chi connectivity index (χ2n) is 2.12. The van der Waals surface area contributed by atoms with Gasteiger partial charge in [0.25, 0.3) is 0 Å². The first kappa shape index (κ1) is 7.78.